The summed E-state index contributed by atoms with van der Waals surface area (Å²) >= 11 is 0. The zero-order valence-corrected chi connectivity index (χ0v) is 11.4. The first-order valence-electron chi connectivity index (χ1n) is 7.47. The smallest absolute Gasteiger partial charge is 0.119 e. The van der Waals surface area contributed by atoms with Gasteiger partial charge in [-0.25, -0.2) is 0 Å². The summed E-state index contributed by atoms with van der Waals surface area (Å²) in [6.07, 6.45) is 6.94. The molecule has 0 amide bonds. The Bertz CT molecular complexity index is 382. The average Bonchev–Trinajstić information content (AvgIpc) is 3.19. The normalized spacial score (nSPS) is 19.2. The van der Waals surface area contributed by atoms with Crippen LogP contribution in [-0.4, -0.2) is 25.4 Å². The molecule has 0 radical (unpaired) electrons. The molecule has 2 fully saturated rings. The lowest BCUT2D eigenvalue weighted by Crippen LogP contribution is -2.23. The van der Waals surface area contributed by atoms with Crippen LogP contribution in [0.15, 0.2) is 24.3 Å². The van der Waals surface area contributed by atoms with Gasteiger partial charge >= 0.3 is 0 Å². The fourth-order valence-electron chi connectivity index (χ4n) is 2.16. The summed E-state index contributed by atoms with van der Waals surface area (Å²) in [6.45, 7) is 2.32. The molecule has 2 aliphatic rings. The number of benzene rings is 1. The Morgan fingerprint density at radius 3 is 2.42 bits per heavy atom. The standard InChI is InChI=1S/C16H23NO2/c1-2-15(3-1)18-10-11-19-16-8-4-13(5-9-16)12-17-14-6-7-14/h4-5,8-9,14-15,17H,1-3,6-7,10-12H2. The van der Waals surface area contributed by atoms with Gasteiger partial charge in [-0.05, 0) is 49.8 Å². The molecule has 0 unspecified atom stereocenters. The number of hydrogen-bond donors (Lipinski definition) is 1. The van der Waals surface area contributed by atoms with Gasteiger partial charge in [-0.1, -0.05) is 12.1 Å². The first-order valence-corrected chi connectivity index (χ1v) is 7.47. The van der Waals surface area contributed by atoms with Crippen molar-refractivity contribution in [1.29, 1.82) is 0 Å². The van der Waals surface area contributed by atoms with Gasteiger partial charge in [-0.15, -0.1) is 0 Å². The number of hydrogen-bond acceptors (Lipinski definition) is 3. The Labute approximate surface area is 115 Å². The third-order valence-corrected chi connectivity index (χ3v) is 3.85. The lowest BCUT2D eigenvalue weighted by Gasteiger charge is -2.25. The van der Waals surface area contributed by atoms with E-state index < -0.39 is 0 Å². The maximum atomic E-state index is 5.67. The molecule has 0 heterocycles. The zero-order valence-electron chi connectivity index (χ0n) is 11.4. The number of rotatable bonds is 8. The molecule has 1 N–H and O–H groups in total. The van der Waals surface area contributed by atoms with Crippen molar-refractivity contribution < 1.29 is 9.47 Å². The van der Waals surface area contributed by atoms with Crippen LogP contribution in [0.1, 0.15) is 37.7 Å². The topological polar surface area (TPSA) is 30.5 Å². The predicted molar refractivity (Wildman–Crippen MR) is 75.4 cm³/mol. The van der Waals surface area contributed by atoms with Gasteiger partial charge in [0.1, 0.15) is 12.4 Å². The fraction of sp³-hybridized carbons (Fsp3) is 0.625. The summed E-state index contributed by atoms with van der Waals surface area (Å²) in [6, 6.07) is 9.13. The van der Waals surface area contributed by atoms with Crippen LogP contribution in [0.5, 0.6) is 5.75 Å². The van der Waals surface area contributed by atoms with Crippen LogP contribution in [-0.2, 0) is 11.3 Å². The highest BCUT2D eigenvalue weighted by Crippen LogP contribution is 2.22. The Hall–Kier alpha value is -1.06. The Morgan fingerprint density at radius 1 is 1.00 bits per heavy atom. The summed E-state index contributed by atoms with van der Waals surface area (Å²) < 4.78 is 11.3. The van der Waals surface area contributed by atoms with E-state index in [1.165, 1.54) is 37.7 Å². The van der Waals surface area contributed by atoms with E-state index in [4.69, 9.17) is 9.47 Å². The minimum atomic E-state index is 0.500. The van der Waals surface area contributed by atoms with Crippen LogP contribution in [0.2, 0.25) is 0 Å². The van der Waals surface area contributed by atoms with Crippen LogP contribution in [0, 0.1) is 0 Å². The molecule has 2 saturated carbocycles. The van der Waals surface area contributed by atoms with E-state index in [1.807, 2.05) is 12.1 Å². The summed E-state index contributed by atoms with van der Waals surface area (Å²) in [5.74, 6) is 0.937. The minimum absolute atomic E-state index is 0.500. The van der Waals surface area contributed by atoms with Crippen LogP contribution in [0.3, 0.4) is 0 Å². The minimum Gasteiger partial charge on any atom is -0.491 e. The third-order valence-electron chi connectivity index (χ3n) is 3.85. The van der Waals surface area contributed by atoms with Crippen LogP contribution in [0.4, 0.5) is 0 Å². The van der Waals surface area contributed by atoms with Crippen molar-refractivity contribution in [2.75, 3.05) is 13.2 Å². The molecule has 2 aliphatic carbocycles. The number of ether oxygens (including phenoxy) is 2. The second kappa shape index (κ2) is 6.40. The zero-order chi connectivity index (χ0) is 12.9. The molecule has 3 nitrogen and oxygen atoms in total. The van der Waals surface area contributed by atoms with Crippen molar-refractivity contribution in [1.82, 2.24) is 5.32 Å². The van der Waals surface area contributed by atoms with Gasteiger partial charge in [-0.3, -0.25) is 0 Å². The Kier molecular flexibility index (Phi) is 4.36. The van der Waals surface area contributed by atoms with E-state index in [9.17, 15) is 0 Å². The Balaban J connectivity index is 1.33. The summed E-state index contributed by atoms with van der Waals surface area (Å²) in [5.41, 5.74) is 1.32. The van der Waals surface area contributed by atoms with E-state index in [1.54, 1.807) is 0 Å². The average molecular weight is 261 g/mol. The molecule has 104 valence electrons. The highest BCUT2D eigenvalue weighted by molar-refractivity contribution is 5.27. The molecule has 0 bridgehead atoms. The highest BCUT2D eigenvalue weighted by Gasteiger charge is 2.19. The lowest BCUT2D eigenvalue weighted by atomic mass is 9.96. The van der Waals surface area contributed by atoms with Crippen molar-refractivity contribution in [3.05, 3.63) is 29.8 Å². The molecule has 1 aromatic rings. The van der Waals surface area contributed by atoms with Gasteiger partial charge in [0, 0.05) is 12.6 Å². The molecule has 0 aromatic heterocycles. The molecule has 3 rings (SSSR count). The van der Waals surface area contributed by atoms with Crippen LogP contribution < -0.4 is 10.1 Å². The van der Waals surface area contributed by atoms with E-state index in [-0.39, 0.29) is 0 Å². The molecule has 3 heteroatoms. The summed E-state index contributed by atoms with van der Waals surface area (Å²) in [5, 5.41) is 3.51. The largest absolute Gasteiger partial charge is 0.491 e. The van der Waals surface area contributed by atoms with Crippen molar-refractivity contribution in [2.45, 2.75) is 50.8 Å². The summed E-state index contributed by atoms with van der Waals surface area (Å²) in [7, 11) is 0. The molecule has 0 aliphatic heterocycles. The molecular weight excluding hydrogens is 238 g/mol. The van der Waals surface area contributed by atoms with E-state index in [0.717, 1.165) is 18.3 Å². The van der Waals surface area contributed by atoms with E-state index in [2.05, 4.69) is 17.4 Å². The van der Waals surface area contributed by atoms with Crippen molar-refractivity contribution in [2.24, 2.45) is 0 Å². The van der Waals surface area contributed by atoms with Gasteiger partial charge in [-0.2, -0.15) is 0 Å². The quantitative estimate of drug-likeness (QED) is 0.730. The van der Waals surface area contributed by atoms with Crippen molar-refractivity contribution in [3.63, 3.8) is 0 Å². The first kappa shape index (κ1) is 12.9. The van der Waals surface area contributed by atoms with E-state index in [0.29, 0.717) is 19.3 Å². The second-order valence-electron chi connectivity index (χ2n) is 5.57. The molecule has 0 atom stereocenters. The Morgan fingerprint density at radius 2 is 1.79 bits per heavy atom. The molecular formula is C16H23NO2. The fourth-order valence-corrected chi connectivity index (χ4v) is 2.16. The van der Waals surface area contributed by atoms with Gasteiger partial charge < -0.3 is 14.8 Å². The summed E-state index contributed by atoms with van der Waals surface area (Å²) in [4.78, 5) is 0. The highest BCUT2D eigenvalue weighted by atomic mass is 16.5. The van der Waals surface area contributed by atoms with Crippen LogP contribution in [0.25, 0.3) is 0 Å². The van der Waals surface area contributed by atoms with Gasteiger partial charge in [0.25, 0.3) is 0 Å². The lowest BCUT2D eigenvalue weighted by molar-refractivity contribution is -0.0103. The maximum Gasteiger partial charge on any atom is 0.119 e. The monoisotopic (exact) mass is 261 g/mol. The predicted octanol–water partition coefficient (Wildman–Crippen LogP) is 2.89. The third kappa shape index (κ3) is 4.22. The van der Waals surface area contributed by atoms with Crippen molar-refractivity contribution >= 4 is 0 Å². The van der Waals surface area contributed by atoms with Crippen LogP contribution >= 0.6 is 0 Å². The molecule has 0 saturated heterocycles. The first-order chi connectivity index (χ1) is 9.40. The molecule has 19 heavy (non-hydrogen) atoms. The maximum absolute atomic E-state index is 5.67. The second-order valence-corrected chi connectivity index (χ2v) is 5.57. The van der Waals surface area contributed by atoms with E-state index >= 15 is 0 Å². The molecule has 0 spiro atoms. The SMILES string of the molecule is c1cc(OCCOC2CCC2)ccc1CNC1CC1. The number of nitrogens with one attached hydrogen (secondary N) is 1. The van der Waals surface area contributed by atoms with Gasteiger partial charge in [0.15, 0.2) is 0 Å². The van der Waals surface area contributed by atoms with Gasteiger partial charge in [0.05, 0.1) is 12.7 Å². The van der Waals surface area contributed by atoms with Crippen molar-refractivity contribution in [3.8, 4) is 5.75 Å². The molecule has 1 aromatic carbocycles. The van der Waals surface area contributed by atoms with Gasteiger partial charge in [0.2, 0.25) is 0 Å².